The fourth-order valence-corrected chi connectivity index (χ4v) is 3.01. The number of methoxy groups -OCH3 is 1. The topological polar surface area (TPSA) is 67.6 Å². The monoisotopic (exact) mass is 227 g/mol. The number of ether oxygens (including phenoxy) is 1. The molecule has 3 aliphatic rings. The number of rotatable bonds is 5. The molecule has 0 saturated carbocycles. The second-order valence-electron chi connectivity index (χ2n) is 4.81. The lowest BCUT2D eigenvalue weighted by Gasteiger charge is -2.51. The van der Waals surface area contributed by atoms with Crippen LogP contribution in [0.15, 0.2) is 0 Å². The van der Waals surface area contributed by atoms with E-state index in [1.165, 1.54) is 0 Å². The second-order valence-corrected chi connectivity index (χ2v) is 4.81. The van der Waals surface area contributed by atoms with Crippen molar-refractivity contribution < 1.29 is 9.53 Å². The van der Waals surface area contributed by atoms with Crippen LogP contribution in [-0.2, 0) is 9.53 Å². The maximum absolute atomic E-state index is 11.8. The van der Waals surface area contributed by atoms with Gasteiger partial charge < -0.3 is 15.4 Å². The first-order chi connectivity index (χ1) is 7.69. The molecule has 0 radical (unpaired) electrons. The number of hydrogen-bond donors (Lipinski definition) is 2. The molecule has 0 spiro atoms. The van der Waals surface area contributed by atoms with E-state index in [2.05, 4.69) is 10.2 Å². The molecule has 3 rings (SSSR count). The van der Waals surface area contributed by atoms with Crippen LogP contribution in [0.1, 0.15) is 12.8 Å². The third-order valence-electron chi connectivity index (χ3n) is 3.94. The van der Waals surface area contributed by atoms with Crippen molar-refractivity contribution in [3.8, 4) is 0 Å². The van der Waals surface area contributed by atoms with E-state index in [-0.39, 0.29) is 5.91 Å². The van der Waals surface area contributed by atoms with Gasteiger partial charge in [0.15, 0.2) is 0 Å². The molecule has 3 heterocycles. The first-order valence-electron chi connectivity index (χ1n) is 5.95. The molecule has 1 amide bonds. The largest absolute Gasteiger partial charge is 0.383 e. The average Bonchev–Trinajstić information content (AvgIpc) is 2.30. The highest BCUT2D eigenvalue weighted by Crippen LogP contribution is 2.35. The molecule has 3 aliphatic heterocycles. The van der Waals surface area contributed by atoms with Gasteiger partial charge in [-0.15, -0.1) is 0 Å². The normalized spacial score (nSPS) is 37.6. The Hall–Kier alpha value is -0.650. The SMILES string of the molecule is COCCNC1(C(N)=O)CN2CCC1CC2. The van der Waals surface area contributed by atoms with Crippen LogP contribution in [0.4, 0.5) is 0 Å². The molecule has 3 saturated heterocycles. The number of hydrogen-bond acceptors (Lipinski definition) is 4. The van der Waals surface area contributed by atoms with Crippen molar-refractivity contribution in [2.75, 3.05) is 39.9 Å². The molecular weight excluding hydrogens is 206 g/mol. The predicted octanol–water partition coefficient (Wildman–Crippen LogP) is -0.828. The smallest absolute Gasteiger partial charge is 0.239 e. The van der Waals surface area contributed by atoms with Gasteiger partial charge in [0, 0.05) is 20.2 Å². The highest BCUT2D eigenvalue weighted by Gasteiger charge is 2.50. The van der Waals surface area contributed by atoms with E-state index < -0.39 is 5.54 Å². The lowest BCUT2D eigenvalue weighted by Crippen LogP contribution is -2.71. The van der Waals surface area contributed by atoms with Gasteiger partial charge in [-0.2, -0.15) is 0 Å². The van der Waals surface area contributed by atoms with E-state index in [9.17, 15) is 4.79 Å². The molecule has 2 bridgehead atoms. The van der Waals surface area contributed by atoms with E-state index in [4.69, 9.17) is 10.5 Å². The van der Waals surface area contributed by atoms with Crippen molar-refractivity contribution in [1.82, 2.24) is 10.2 Å². The molecule has 0 aliphatic carbocycles. The fraction of sp³-hybridized carbons (Fsp3) is 0.909. The Kier molecular flexibility index (Phi) is 3.47. The van der Waals surface area contributed by atoms with Gasteiger partial charge in [-0.05, 0) is 31.8 Å². The van der Waals surface area contributed by atoms with Crippen LogP contribution < -0.4 is 11.1 Å². The van der Waals surface area contributed by atoms with Crippen LogP contribution in [0.5, 0.6) is 0 Å². The summed E-state index contributed by atoms with van der Waals surface area (Å²) >= 11 is 0. The summed E-state index contributed by atoms with van der Waals surface area (Å²) in [5.74, 6) is 0.185. The zero-order chi connectivity index (χ0) is 11.6. The van der Waals surface area contributed by atoms with Crippen LogP contribution in [0.3, 0.4) is 0 Å². The van der Waals surface area contributed by atoms with Crippen molar-refractivity contribution in [1.29, 1.82) is 0 Å². The van der Waals surface area contributed by atoms with Gasteiger partial charge in [0.1, 0.15) is 5.54 Å². The minimum Gasteiger partial charge on any atom is -0.383 e. The van der Waals surface area contributed by atoms with Crippen LogP contribution in [0.25, 0.3) is 0 Å². The van der Waals surface area contributed by atoms with Crippen molar-refractivity contribution in [2.24, 2.45) is 11.7 Å². The van der Waals surface area contributed by atoms with Crippen LogP contribution in [0.2, 0.25) is 0 Å². The molecule has 0 aromatic rings. The number of primary amides is 1. The quantitative estimate of drug-likeness (QED) is 0.602. The number of amides is 1. The fourth-order valence-electron chi connectivity index (χ4n) is 3.01. The number of nitrogens with zero attached hydrogens (tertiary/aromatic N) is 1. The van der Waals surface area contributed by atoms with E-state index in [1.807, 2.05) is 0 Å². The molecule has 1 atom stereocenters. The number of piperidine rings is 3. The molecule has 0 aromatic heterocycles. The summed E-state index contributed by atoms with van der Waals surface area (Å²) in [4.78, 5) is 14.1. The van der Waals surface area contributed by atoms with Gasteiger partial charge in [-0.25, -0.2) is 0 Å². The first-order valence-corrected chi connectivity index (χ1v) is 5.95. The van der Waals surface area contributed by atoms with Gasteiger partial charge in [0.25, 0.3) is 0 Å². The molecule has 1 unspecified atom stereocenters. The minimum absolute atomic E-state index is 0.210. The van der Waals surface area contributed by atoms with Crippen molar-refractivity contribution >= 4 is 5.91 Å². The maximum Gasteiger partial charge on any atom is 0.239 e. The Labute approximate surface area is 96.3 Å². The zero-order valence-electron chi connectivity index (χ0n) is 9.87. The van der Waals surface area contributed by atoms with Gasteiger partial charge >= 0.3 is 0 Å². The summed E-state index contributed by atoms with van der Waals surface area (Å²) in [6.07, 6.45) is 2.14. The van der Waals surface area contributed by atoms with E-state index in [0.29, 0.717) is 19.1 Å². The molecule has 5 nitrogen and oxygen atoms in total. The highest BCUT2D eigenvalue weighted by molar-refractivity contribution is 5.85. The van der Waals surface area contributed by atoms with Gasteiger partial charge in [0.05, 0.1) is 6.61 Å². The minimum atomic E-state index is -0.519. The molecule has 16 heavy (non-hydrogen) atoms. The van der Waals surface area contributed by atoms with E-state index in [0.717, 1.165) is 32.5 Å². The Morgan fingerprint density at radius 3 is 2.69 bits per heavy atom. The number of carbonyl (C=O) groups is 1. The lowest BCUT2D eigenvalue weighted by atomic mass is 9.72. The van der Waals surface area contributed by atoms with Crippen molar-refractivity contribution in [3.63, 3.8) is 0 Å². The highest BCUT2D eigenvalue weighted by atomic mass is 16.5. The standard InChI is InChI=1S/C11H21N3O2/c1-16-7-4-13-11(10(12)15)8-14-5-2-9(11)3-6-14/h9,13H,2-8H2,1H3,(H2,12,15). The number of nitrogens with one attached hydrogen (secondary N) is 1. The molecule has 3 fully saturated rings. The van der Waals surface area contributed by atoms with Crippen molar-refractivity contribution in [2.45, 2.75) is 18.4 Å². The summed E-state index contributed by atoms with van der Waals surface area (Å²) in [6.45, 7) is 4.26. The molecule has 92 valence electrons. The van der Waals surface area contributed by atoms with Crippen LogP contribution in [-0.4, -0.2) is 56.2 Å². The van der Waals surface area contributed by atoms with Crippen LogP contribution in [0, 0.1) is 5.92 Å². The Morgan fingerprint density at radius 1 is 1.56 bits per heavy atom. The first kappa shape index (κ1) is 11.8. The number of fused-ring (bicyclic) bond motifs is 3. The number of nitrogens with two attached hydrogens (primary N) is 1. The average molecular weight is 227 g/mol. The van der Waals surface area contributed by atoms with Crippen LogP contribution >= 0.6 is 0 Å². The summed E-state index contributed by atoms with van der Waals surface area (Å²) in [5.41, 5.74) is 5.08. The summed E-state index contributed by atoms with van der Waals surface area (Å²) in [6, 6.07) is 0. The second kappa shape index (κ2) is 4.69. The predicted molar refractivity (Wildman–Crippen MR) is 61.0 cm³/mol. The molecule has 0 aromatic carbocycles. The van der Waals surface area contributed by atoms with Gasteiger partial charge in [0.2, 0.25) is 5.91 Å². The molecule has 5 heteroatoms. The van der Waals surface area contributed by atoms with Gasteiger partial charge in [-0.3, -0.25) is 10.1 Å². The maximum atomic E-state index is 11.8. The Bertz CT molecular complexity index is 264. The van der Waals surface area contributed by atoms with Gasteiger partial charge in [-0.1, -0.05) is 0 Å². The third-order valence-corrected chi connectivity index (χ3v) is 3.94. The van der Waals surface area contributed by atoms with Crippen molar-refractivity contribution in [3.05, 3.63) is 0 Å². The zero-order valence-corrected chi connectivity index (χ0v) is 9.87. The molecule has 3 N–H and O–H groups in total. The van der Waals surface area contributed by atoms with E-state index >= 15 is 0 Å². The summed E-state index contributed by atoms with van der Waals surface area (Å²) in [5, 5.41) is 3.33. The third kappa shape index (κ3) is 1.95. The summed E-state index contributed by atoms with van der Waals surface area (Å²) in [7, 11) is 1.66. The Morgan fingerprint density at radius 2 is 2.25 bits per heavy atom. The summed E-state index contributed by atoms with van der Waals surface area (Å²) < 4.78 is 5.01. The Balaban J connectivity index is 2.06. The number of carbonyl (C=O) groups excluding carboxylic acids is 1. The molecular formula is C11H21N3O2. The lowest BCUT2D eigenvalue weighted by molar-refractivity contribution is -0.133. The van der Waals surface area contributed by atoms with E-state index in [1.54, 1.807) is 7.11 Å².